The Morgan fingerprint density at radius 2 is 2.13 bits per heavy atom. The molecule has 1 saturated carbocycles. The molecular formula is C18H24N4O. The maximum Gasteiger partial charge on any atom is 0.220 e. The zero-order chi connectivity index (χ0) is 16.1. The van der Waals surface area contributed by atoms with Gasteiger partial charge >= 0.3 is 0 Å². The molecule has 1 aliphatic carbocycles. The van der Waals surface area contributed by atoms with E-state index in [2.05, 4.69) is 22.2 Å². The van der Waals surface area contributed by atoms with Crippen LogP contribution in [0.2, 0.25) is 0 Å². The highest BCUT2D eigenvalue weighted by molar-refractivity contribution is 5.76. The molecule has 3 rings (SSSR count). The minimum absolute atomic E-state index is 0.149. The van der Waals surface area contributed by atoms with Crippen molar-refractivity contribution in [3.05, 3.63) is 42.6 Å². The number of aromatic nitrogens is 3. The number of amides is 1. The third kappa shape index (κ3) is 4.18. The number of nitrogens with one attached hydrogen (secondary N) is 1. The predicted octanol–water partition coefficient (Wildman–Crippen LogP) is 3.24. The van der Waals surface area contributed by atoms with E-state index >= 15 is 0 Å². The van der Waals surface area contributed by atoms with Gasteiger partial charge in [0.25, 0.3) is 0 Å². The Morgan fingerprint density at radius 1 is 1.30 bits per heavy atom. The molecule has 5 heteroatoms. The Kier molecular flexibility index (Phi) is 4.74. The van der Waals surface area contributed by atoms with E-state index in [-0.39, 0.29) is 11.3 Å². The minimum Gasteiger partial charge on any atom is -0.352 e. The van der Waals surface area contributed by atoms with Crippen molar-refractivity contribution < 1.29 is 4.79 Å². The number of nitrogens with zero attached hydrogens (tertiary/aromatic N) is 3. The number of pyridine rings is 1. The summed E-state index contributed by atoms with van der Waals surface area (Å²) in [5.41, 5.74) is 1.23. The summed E-state index contributed by atoms with van der Waals surface area (Å²) >= 11 is 0. The van der Waals surface area contributed by atoms with Crippen molar-refractivity contribution in [2.24, 2.45) is 5.41 Å². The summed E-state index contributed by atoms with van der Waals surface area (Å²) in [5.74, 6) is 0.962. The van der Waals surface area contributed by atoms with E-state index in [0.717, 1.165) is 11.4 Å². The lowest BCUT2D eigenvalue weighted by molar-refractivity contribution is -0.123. The quantitative estimate of drug-likeness (QED) is 0.922. The Morgan fingerprint density at radius 3 is 2.87 bits per heavy atom. The van der Waals surface area contributed by atoms with Gasteiger partial charge in [0.1, 0.15) is 12.1 Å². The van der Waals surface area contributed by atoms with E-state index < -0.39 is 0 Å². The average Bonchev–Trinajstić information content (AvgIpc) is 3.08. The summed E-state index contributed by atoms with van der Waals surface area (Å²) < 4.78 is 1.86. The van der Waals surface area contributed by atoms with Gasteiger partial charge in [0, 0.05) is 31.6 Å². The molecule has 0 aliphatic heterocycles. The van der Waals surface area contributed by atoms with Crippen molar-refractivity contribution >= 4 is 5.91 Å². The van der Waals surface area contributed by atoms with Crippen LogP contribution in [0.5, 0.6) is 0 Å². The standard InChI is InChI=1S/C18H24N4O/c1-18(6-3-2-4-7-18)12-17(23)21-13-15-5-8-20-16(11-15)22-10-9-19-14-22/h5,8-11,14H,2-4,6-7,12-13H2,1H3,(H,21,23). The second kappa shape index (κ2) is 6.94. The van der Waals surface area contributed by atoms with E-state index in [1.54, 1.807) is 18.7 Å². The zero-order valence-corrected chi connectivity index (χ0v) is 13.7. The van der Waals surface area contributed by atoms with Crippen LogP contribution >= 0.6 is 0 Å². The molecular weight excluding hydrogens is 288 g/mol. The summed E-state index contributed by atoms with van der Waals surface area (Å²) in [6.45, 7) is 2.79. The van der Waals surface area contributed by atoms with Gasteiger partial charge in [0.05, 0.1) is 0 Å². The van der Waals surface area contributed by atoms with Crippen LogP contribution in [0.4, 0.5) is 0 Å². The average molecular weight is 312 g/mol. The summed E-state index contributed by atoms with van der Waals surface area (Å²) in [6.07, 6.45) is 13.8. The van der Waals surface area contributed by atoms with Crippen LogP contribution in [-0.2, 0) is 11.3 Å². The molecule has 0 bridgehead atoms. The van der Waals surface area contributed by atoms with Crippen molar-refractivity contribution in [3.63, 3.8) is 0 Å². The number of hydrogen-bond acceptors (Lipinski definition) is 3. The smallest absolute Gasteiger partial charge is 0.220 e. The van der Waals surface area contributed by atoms with Crippen molar-refractivity contribution in [1.82, 2.24) is 19.9 Å². The second-order valence-electron chi connectivity index (χ2n) is 6.82. The summed E-state index contributed by atoms with van der Waals surface area (Å²) in [6, 6.07) is 3.91. The third-order valence-corrected chi connectivity index (χ3v) is 4.72. The monoisotopic (exact) mass is 312 g/mol. The molecule has 0 radical (unpaired) electrons. The Balaban J connectivity index is 1.56. The topological polar surface area (TPSA) is 59.8 Å². The highest BCUT2D eigenvalue weighted by atomic mass is 16.1. The molecule has 2 aromatic heterocycles. The summed E-state index contributed by atoms with van der Waals surface area (Å²) in [7, 11) is 0. The molecule has 0 saturated heterocycles. The molecule has 122 valence electrons. The van der Waals surface area contributed by atoms with Crippen molar-refractivity contribution in [2.75, 3.05) is 0 Å². The number of hydrogen-bond donors (Lipinski definition) is 1. The minimum atomic E-state index is 0.149. The van der Waals surface area contributed by atoms with Gasteiger partial charge in [-0.15, -0.1) is 0 Å². The fourth-order valence-corrected chi connectivity index (χ4v) is 3.34. The molecule has 1 N–H and O–H groups in total. The maximum absolute atomic E-state index is 12.3. The largest absolute Gasteiger partial charge is 0.352 e. The highest BCUT2D eigenvalue weighted by Crippen LogP contribution is 2.38. The maximum atomic E-state index is 12.3. The molecule has 1 fully saturated rings. The second-order valence-corrected chi connectivity index (χ2v) is 6.82. The first-order valence-electron chi connectivity index (χ1n) is 8.35. The molecule has 5 nitrogen and oxygen atoms in total. The van der Waals surface area contributed by atoms with Crippen LogP contribution in [0.25, 0.3) is 5.82 Å². The molecule has 1 aliphatic rings. The van der Waals surface area contributed by atoms with Gasteiger partial charge < -0.3 is 5.32 Å². The van der Waals surface area contributed by atoms with Gasteiger partial charge in [-0.05, 0) is 36.0 Å². The molecule has 0 unspecified atom stereocenters. The van der Waals surface area contributed by atoms with Gasteiger partial charge in [0.15, 0.2) is 0 Å². The van der Waals surface area contributed by atoms with Gasteiger partial charge in [-0.2, -0.15) is 0 Å². The van der Waals surface area contributed by atoms with Gasteiger partial charge in [-0.25, -0.2) is 9.97 Å². The summed E-state index contributed by atoms with van der Waals surface area (Å²) in [4.78, 5) is 20.6. The van der Waals surface area contributed by atoms with Crippen molar-refractivity contribution in [2.45, 2.75) is 52.0 Å². The lowest BCUT2D eigenvalue weighted by Gasteiger charge is -2.32. The molecule has 0 spiro atoms. The predicted molar refractivity (Wildman–Crippen MR) is 89.0 cm³/mol. The van der Waals surface area contributed by atoms with Gasteiger partial charge in [-0.3, -0.25) is 9.36 Å². The fraction of sp³-hybridized carbons (Fsp3) is 0.500. The van der Waals surface area contributed by atoms with E-state index in [9.17, 15) is 4.79 Å². The molecule has 2 heterocycles. The first-order valence-corrected chi connectivity index (χ1v) is 8.35. The zero-order valence-electron chi connectivity index (χ0n) is 13.7. The fourth-order valence-electron chi connectivity index (χ4n) is 3.34. The summed E-state index contributed by atoms with van der Waals surface area (Å²) in [5, 5.41) is 3.05. The molecule has 23 heavy (non-hydrogen) atoms. The van der Waals surface area contributed by atoms with Gasteiger partial charge in [-0.1, -0.05) is 26.2 Å². The van der Waals surface area contributed by atoms with E-state index in [4.69, 9.17) is 0 Å². The SMILES string of the molecule is CC1(CC(=O)NCc2ccnc(-n3ccnc3)c2)CCCCC1. The Labute approximate surface area is 137 Å². The van der Waals surface area contributed by atoms with Crippen LogP contribution in [0.1, 0.15) is 51.0 Å². The van der Waals surface area contributed by atoms with E-state index in [0.29, 0.717) is 13.0 Å². The van der Waals surface area contributed by atoms with Crippen LogP contribution in [0, 0.1) is 5.41 Å². The lowest BCUT2D eigenvalue weighted by Crippen LogP contribution is -2.31. The molecule has 0 aromatic carbocycles. The number of carbonyl (C=O) groups excluding carboxylic acids is 1. The number of rotatable bonds is 5. The highest BCUT2D eigenvalue weighted by Gasteiger charge is 2.29. The van der Waals surface area contributed by atoms with Crippen LogP contribution in [0.15, 0.2) is 37.1 Å². The number of carbonyl (C=O) groups is 1. The molecule has 1 amide bonds. The van der Waals surface area contributed by atoms with E-state index in [1.165, 1.54) is 32.1 Å². The van der Waals surface area contributed by atoms with Crippen LogP contribution in [-0.4, -0.2) is 20.4 Å². The first-order chi connectivity index (χ1) is 11.1. The molecule has 0 atom stereocenters. The Bertz CT molecular complexity index is 645. The number of imidazole rings is 1. The third-order valence-electron chi connectivity index (χ3n) is 4.72. The van der Waals surface area contributed by atoms with E-state index in [1.807, 2.05) is 22.9 Å². The Hall–Kier alpha value is -2.17. The van der Waals surface area contributed by atoms with Crippen molar-refractivity contribution in [1.29, 1.82) is 0 Å². The van der Waals surface area contributed by atoms with Crippen molar-refractivity contribution in [3.8, 4) is 5.82 Å². The normalized spacial score (nSPS) is 16.9. The van der Waals surface area contributed by atoms with Crippen LogP contribution < -0.4 is 5.32 Å². The molecule has 2 aromatic rings. The van der Waals surface area contributed by atoms with Crippen LogP contribution in [0.3, 0.4) is 0 Å². The first kappa shape index (κ1) is 15.7. The lowest BCUT2D eigenvalue weighted by atomic mass is 9.73. The van der Waals surface area contributed by atoms with Gasteiger partial charge in [0.2, 0.25) is 5.91 Å².